The van der Waals surface area contributed by atoms with Crippen molar-refractivity contribution < 1.29 is 14.0 Å². The Kier molecular flexibility index (Phi) is 5.23. The first-order valence-corrected chi connectivity index (χ1v) is 9.17. The molecule has 1 saturated carbocycles. The van der Waals surface area contributed by atoms with Crippen LogP contribution < -0.4 is 0 Å². The standard InChI is InChI=1S/C23H22FNO2/c1-15(2)19-9-6-17(12-20(19)25-3)14-22(27)23(10-11-23)21(26)13-16-4-7-18(24)8-5-16/h4-9,12,15H,10-11,13-14H2,1-2H3. The molecule has 0 radical (unpaired) electrons. The highest BCUT2D eigenvalue weighted by molar-refractivity contribution is 6.11. The van der Waals surface area contributed by atoms with E-state index in [9.17, 15) is 14.0 Å². The molecule has 0 spiro atoms. The molecule has 3 nitrogen and oxygen atoms in total. The van der Waals surface area contributed by atoms with Crippen LogP contribution in [0.5, 0.6) is 0 Å². The smallest absolute Gasteiger partial charge is 0.190 e. The van der Waals surface area contributed by atoms with Crippen LogP contribution in [0.1, 0.15) is 49.3 Å². The van der Waals surface area contributed by atoms with Gasteiger partial charge in [-0.2, -0.15) is 0 Å². The van der Waals surface area contributed by atoms with E-state index in [0.717, 1.165) is 16.7 Å². The molecular weight excluding hydrogens is 341 g/mol. The van der Waals surface area contributed by atoms with Crippen LogP contribution in [0.3, 0.4) is 0 Å². The van der Waals surface area contributed by atoms with Crippen molar-refractivity contribution >= 4 is 17.3 Å². The number of Topliss-reactive ketones (excluding diaryl/α,β-unsaturated/α-hetero) is 2. The van der Waals surface area contributed by atoms with Gasteiger partial charge in [0.2, 0.25) is 0 Å². The lowest BCUT2D eigenvalue weighted by molar-refractivity contribution is -0.133. The highest BCUT2D eigenvalue weighted by Gasteiger charge is 2.54. The van der Waals surface area contributed by atoms with Gasteiger partial charge >= 0.3 is 0 Å². The zero-order chi connectivity index (χ0) is 19.6. The van der Waals surface area contributed by atoms with E-state index in [-0.39, 0.29) is 36.1 Å². The molecule has 0 atom stereocenters. The third-order valence-electron chi connectivity index (χ3n) is 5.30. The maximum atomic E-state index is 13.0. The molecule has 0 aliphatic heterocycles. The second kappa shape index (κ2) is 7.44. The second-order valence-electron chi connectivity index (χ2n) is 7.57. The largest absolute Gasteiger partial charge is 0.298 e. The maximum absolute atomic E-state index is 13.0. The summed E-state index contributed by atoms with van der Waals surface area (Å²) >= 11 is 0. The molecule has 2 aromatic carbocycles. The average molecular weight is 363 g/mol. The van der Waals surface area contributed by atoms with Gasteiger partial charge in [0, 0.05) is 12.8 Å². The summed E-state index contributed by atoms with van der Waals surface area (Å²) in [5.74, 6) is -0.277. The van der Waals surface area contributed by atoms with Gasteiger partial charge in [0.15, 0.2) is 17.3 Å². The molecule has 0 saturated heterocycles. The number of nitrogens with zero attached hydrogens (tertiary/aromatic N) is 1. The van der Waals surface area contributed by atoms with Crippen LogP contribution in [0, 0.1) is 17.8 Å². The monoisotopic (exact) mass is 363 g/mol. The van der Waals surface area contributed by atoms with Crippen LogP contribution in [0.25, 0.3) is 4.85 Å². The van der Waals surface area contributed by atoms with Crippen LogP contribution in [0.15, 0.2) is 42.5 Å². The molecule has 138 valence electrons. The summed E-state index contributed by atoms with van der Waals surface area (Å²) in [4.78, 5) is 29.1. The quantitative estimate of drug-likeness (QED) is 0.501. The van der Waals surface area contributed by atoms with Crippen molar-refractivity contribution in [3.05, 3.63) is 76.4 Å². The van der Waals surface area contributed by atoms with Gasteiger partial charge in [-0.25, -0.2) is 9.24 Å². The summed E-state index contributed by atoms with van der Waals surface area (Å²) in [6.07, 6.45) is 1.46. The summed E-state index contributed by atoms with van der Waals surface area (Å²) < 4.78 is 13.0. The van der Waals surface area contributed by atoms with Crippen molar-refractivity contribution in [2.24, 2.45) is 5.41 Å². The van der Waals surface area contributed by atoms with E-state index in [1.54, 1.807) is 18.2 Å². The fourth-order valence-electron chi connectivity index (χ4n) is 3.43. The minimum absolute atomic E-state index is 0.0807. The number of benzene rings is 2. The summed E-state index contributed by atoms with van der Waals surface area (Å²) in [6, 6.07) is 11.4. The third-order valence-corrected chi connectivity index (χ3v) is 5.30. The fourth-order valence-corrected chi connectivity index (χ4v) is 3.43. The van der Waals surface area contributed by atoms with Crippen LogP contribution in [-0.4, -0.2) is 11.6 Å². The Hall–Kier alpha value is -2.80. The zero-order valence-electron chi connectivity index (χ0n) is 15.6. The van der Waals surface area contributed by atoms with Gasteiger partial charge in [0.1, 0.15) is 5.82 Å². The number of hydrogen-bond donors (Lipinski definition) is 0. The Labute approximate surface area is 159 Å². The topological polar surface area (TPSA) is 38.5 Å². The highest BCUT2D eigenvalue weighted by atomic mass is 19.1. The molecule has 0 amide bonds. The Morgan fingerprint density at radius 2 is 1.59 bits per heavy atom. The molecule has 0 aromatic heterocycles. The van der Waals surface area contributed by atoms with E-state index >= 15 is 0 Å². The highest BCUT2D eigenvalue weighted by Crippen LogP contribution is 2.49. The van der Waals surface area contributed by atoms with Crippen molar-refractivity contribution in [1.29, 1.82) is 0 Å². The third kappa shape index (κ3) is 3.98. The lowest BCUT2D eigenvalue weighted by Crippen LogP contribution is -2.28. The number of halogens is 1. The van der Waals surface area contributed by atoms with Gasteiger partial charge in [-0.3, -0.25) is 9.59 Å². The minimum Gasteiger partial charge on any atom is -0.298 e. The summed E-state index contributed by atoms with van der Waals surface area (Å²) in [7, 11) is 0. The van der Waals surface area contributed by atoms with E-state index in [1.165, 1.54) is 12.1 Å². The summed E-state index contributed by atoms with van der Waals surface area (Å²) in [6.45, 7) is 11.4. The van der Waals surface area contributed by atoms with E-state index in [0.29, 0.717) is 18.5 Å². The van der Waals surface area contributed by atoms with Crippen molar-refractivity contribution in [3.63, 3.8) is 0 Å². The number of carbonyl (C=O) groups is 2. The Bertz CT molecular complexity index is 918. The van der Waals surface area contributed by atoms with E-state index in [4.69, 9.17) is 6.57 Å². The lowest BCUT2D eigenvalue weighted by atomic mass is 9.87. The van der Waals surface area contributed by atoms with Crippen LogP contribution in [0.4, 0.5) is 10.1 Å². The zero-order valence-corrected chi connectivity index (χ0v) is 15.6. The van der Waals surface area contributed by atoms with Crippen molar-refractivity contribution in [2.45, 2.75) is 45.4 Å². The molecule has 4 heteroatoms. The first-order chi connectivity index (χ1) is 12.9. The molecule has 0 N–H and O–H groups in total. The first-order valence-electron chi connectivity index (χ1n) is 9.17. The van der Waals surface area contributed by atoms with Gasteiger partial charge in [0.25, 0.3) is 0 Å². The maximum Gasteiger partial charge on any atom is 0.190 e. The van der Waals surface area contributed by atoms with Gasteiger partial charge in [-0.05, 0) is 42.0 Å². The van der Waals surface area contributed by atoms with Crippen molar-refractivity contribution in [2.75, 3.05) is 0 Å². The Morgan fingerprint density at radius 3 is 2.11 bits per heavy atom. The molecule has 1 fully saturated rings. The predicted octanol–water partition coefficient (Wildman–Crippen LogP) is 5.20. The molecule has 1 aliphatic rings. The second-order valence-corrected chi connectivity index (χ2v) is 7.57. The van der Waals surface area contributed by atoms with Crippen LogP contribution in [-0.2, 0) is 22.4 Å². The molecule has 0 heterocycles. The van der Waals surface area contributed by atoms with Crippen LogP contribution in [0.2, 0.25) is 0 Å². The minimum atomic E-state index is -0.899. The fraction of sp³-hybridized carbons (Fsp3) is 0.348. The number of hydrogen-bond acceptors (Lipinski definition) is 2. The number of carbonyl (C=O) groups excluding carboxylic acids is 2. The van der Waals surface area contributed by atoms with Gasteiger partial charge in [0.05, 0.1) is 12.0 Å². The van der Waals surface area contributed by atoms with Crippen LogP contribution >= 0.6 is 0 Å². The van der Waals surface area contributed by atoms with E-state index in [2.05, 4.69) is 4.85 Å². The molecule has 0 unspecified atom stereocenters. The summed E-state index contributed by atoms with van der Waals surface area (Å²) in [5.41, 5.74) is 2.13. The molecule has 0 bridgehead atoms. The predicted molar refractivity (Wildman–Crippen MR) is 102 cm³/mol. The average Bonchev–Trinajstić information content (AvgIpc) is 3.45. The van der Waals surface area contributed by atoms with Gasteiger partial charge in [-0.15, -0.1) is 0 Å². The Balaban J connectivity index is 1.73. The number of ketones is 2. The van der Waals surface area contributed by atoms with Gasteiger partial charge in [-0.1, -0.05) is 49.7 Å². The Morgan fingerprint density at radius 1 is 1.04 bits per heavy atom. The van der Waals surface area contributed by atoms with E-state index in [1.807, 2.05) is 26.0 Å². The van der Waals surface area contributed by atoms with Crippen molar-refractivity contribution in [3.8, 4) is 0 Å². The number of rotatable bonds is 7. The summed E-state index contributed by atoms with van der Waals surface area (Å²) in [5, 5.41) is 0. The van der Waals surface area contributed by atoms with Crippen molar-refractivity contribution in [1.82, 2.24) is 0 Å². The molecule has 27 heavy (non-hydrogen) atoms. The molecule has 2 aromatic rings. The van der Waals surface area contributed by atoms with E-state index < -0.39 is 5.41 Å². The molecule has 3 rings (SSSR count). The SMILES string of the molecule is [C-]#[N+]c1cc(CC(=O)C2(C(=O)Cc3ccc(F)cc3)CC2)ccc1C(C)C. The first kappa shape index (κ1) is 19.0. The van der Waals surface area contributed by atoms with Gasteiger partial charge < -0.3 is 0 Å². The normalized spacial score (nSPS) is 14.6. The molecular formula is C23H22FNO2. The lowest BCUT2D eigenvalue weighted by Gasteiger charge is -2.14. The molecule has 1 aliphatic carbocycles.